The van der Waals surface area contributed by atoms with Gasteiger partial charge in [-0.2, -0.15) is 0 Å². The van der Waals surface area contributed by atoms with E-state index in [4.69, 9.17) is 10.7 Å². The summed E-state index contributed by atoms with van der Waals surface area (Å²) in [5.74, 6) is -1.02. The second-order valence-corrected chi connectivity index (χ2v) is 10.6. The van der Waals surface area contributed by atoms with E-state index in [1.54, 1.807) is 6.07 Å². The molecule has 154 valence electrons. The average Bonchev–Trinajstić information content (AvgIpc) is 2.67. The summed E-state index contributed by atoms with van der Waals surface area (Å²) in [6.45, 7) is 6.21. The zero-order valence-corrected chi connectivity index (χ0v) is 18.1. The van der Waals surface area contributed by atoms with Crippen molar-refractivity contribution < 1.29 is 13.2 Å². The number of nitrogens with two attached hydrogens (primary N) is 1. The third-order valence-corrected chi connectivity index (χ3v) is 6.75. The molecule has 0 radical (unpaired) electrons. The van der Waals surface area contributed by atoms with E-state index in [0.717, 1.165) is 37.0 Å². The van der Waals surface area contributed by atoms with Gasteiger partial charge < -0.3 is 5.73 Å². The highest BCUT2D eigenvalue weighted by atomic mass is 32.2. The van der Waals surface area contributed by atoms with Gasteiger partial charge in [0.1, 0.15) is 5.75 Å². The van der Waals surface area contributed by atoms with Crippen molar-refractivity contribution in [3.63, 3.8) is 0 Å². The van der Waals surface area contributed by atoms with E-state index in [2.05, 4.69) is 26.8 Å². The Kier molecular flexibility index (Phi) is 5.94. The van der Waals surface area contributed by atoms with Gasteiger partial charge in [-0.1, -0.05) is 26.8 Å². The lowest BCUT2D eigenvalue weighted by molar-refractivity contribution is 0.102. The second-order valence-electron chi connectivity index (χ2n) is 8.57. The standard InChI is InChI=1S/C23H28N2O3S/c1-23(2,3)21-14-13-19(22(25-21)16-7-5-4-6-8-16)20(26)15-29(27,28)18-11-9-17(24)10-12-18/h7,9-14H,4-6,8,15,24H2,1-3H3. The summed E-state index contributed by atoms with van der Waals surface area (Å²) >= 11 is 0. The molecule has 1 aromatic heterocycles. The molecule has 1 aromatic carbocycles. The van der Waals surface area contributed by atoms with Gasteiger partial charge in [-0.25, -0.2) is 8.42 Å². The lowest BCUT2D eigenvalue weighted by Crippen LogP contribution is -2.21. The SMILES string of the molecule is CC(C)(C)c1ccc(C(=O)CS(=O)(=O)c2ccc(N)cc2)c(C2=CCCCC2)n1. The number of ketones is 1. The first-order chi connectivity index (χ1) is 13.6. The van der Waals surface area contributed by atoms with Crippen LogP contribution >= 0.6 is 0 Å². The molecular weight excluding hydrogens is 384 g/mol. The summed E-state index contributed by atoms with van der Waals surface area (Å²) in [6, 6.07) is 9.48. The quantitative estimate of drug-likeness (QED) is 0.574. The number of anilines is 1. The summed E-state index contributed by atoms with van der Waals surface area (Å²) in [5, 5.41) is 0. The number of benzene rings is 1. The van der Waals surface area contributed by atoms with Crippen molar-refractivity contribution in [1.29, 1.82) is 0 Å². The Bertz CT molecular complexity index is 1050. The van der Waals surface area contributed by atoms with E-state index in [0.29, 0.717) is 16.9 Å². The minimum absolute atomic E-state index is 0.0951. The second kappa shape index (κ2) is 8.11. The van der Waals surface area contributed by atoms with Crippen molar-refractivity contribution in [2.45, 2.75) is 56.8 Å². The van der Waals surface area contributed by atoms with Crippen LogP contribution < -0.4 is 5.73 Å². The van der Waals surface area contributed by atoms with Crippen molar-refractivity contribution in [2.75, 3.05) is 11.5 Å². The Hall–Kier alpha value is -2.47. The number of sulfone groups is 1. The van der Waals surface area contributed by atoms with Crippen LogP contribution in [0.25, 0.3) is 5.57 Å². The lowest BCUT2D eigenvalue weighted by Gasteiger charge is -2.22. The minimum Gasteiger partial charge on any atom is -0.399 e. The number of nitrogen functional groups attached to an aromatic ring is 1. The van der Waals surface area contributed by atoms with Crippen LogP contribution in [0.15, 0.2) is 47.4 Å². The maximum absolute atomic E-state index is 13.1. The number of nitrogens with zero attached hydrogens (tertiary/aromatic N) is 1. The Morgan fingerprint density at radius 2 is 1.76 bits per heavy atom. The molecule has 0 spiro atoms. The number of pyridine rings is 1. The number of rotatable bonds is 5. The summed E-state index contributed by atoms with van der Waals surface area (Å²) in [4.78, 5) is 18.0. The van der Waals surface area contributed by atoms with Crippen LogP contribution in [0, 0.1) is 0 Å². The van der Waals surface area contributed by atoms with E-state index in [-0.39, 0.29) is 10.3 Å². The summed E-state index contributed by atoms with van der Waals surface area (Å²) in [7, 11) is -3.76. The number of Topliss-reactive ketones (excluding diaryl/α,β-unsaturated/α-hetero) is 1. The van der Waals surface area contributed by atoms with Crippen LogP contribution in [0.5, 0.6) is 0 Å². The summed E-state index contributed by atoms with van der Waals surface area (Å²) in [6.07, 6.45) is 6.10. The monoisotopic (exact) mass is 412 g/mol. The topological polar surface area (TPSA) is 90.1 Å². The van der Waals surface area contributed by atoms with Gasteiger partial charge in [0.15, 0.2) is 15.6 Å². The molecule has 0 saturated heterocycles. The number of hydrogen-bond acceptors (Lipinski definition) is 5. The molecule has 29 heavy (non-hydrogen) atoms. The van der Waals surface area contributed by atoms with E-state index in [1.165, 1.54) is 24.3 Å². The Morgan fingerprint density at radius 3 is 2.34 bits per heavy atom. The highest BCUT2D eigenvalue weighted by molar-refractivity contribution is 7.92. The molecule has 0 aliphatic heterocycles. The van der Waals surface area contributed by atoms with Crippen molar-refractivity contribution in [3.05, 3.63) is 59.4 Å². The number of carbonyl (C=O) groups is 1. The number of allylic oxidation sites excluding steroid dienone is 2. The first-order valence-electron chi connectivity index (χ1n) is 9.90. The molecule has 5 nitrogen and oxygen atoms in total. The predicted octanol–water partition coefficient (Wildman–Crippen LogP) is 4.58. The maximum Gasteiger partial charge on any atom is 0.185 e. The van der Waals surface area contributed by atoms with E-state index < -0.39 is 21.4 Å². The molecular formula is C23H28N2O3S. The van der Waals surface area contributed by atoms with Gasteiger partial charge in [0, 0.05) is 22.4 Å². The number of aromatic nitrogens is 1. The fourth-order valence-electron chi connectivity index (χ4n) is 3.41. The maximum atomic E-state index is 13.1. The highest BCUT2D eigenvalue weighted by Gasteiger charge is 2.26. The third kappa shape index (κ3) is 4.93. The van der Waals surface area contributed by atoms with Crippen LogP contribution in [-0.2, 0) is 15.3 Å². The molecule has 0 saturated carbocycles. The minimum atomic E-state index is -3.76. The molecule has 1 heterocycles. The van der Waals surface area contributed by atoms with Crippen molar-refractivity contribution in [3.8, 4) is 0 Å². The predicted molar refractivity (Wildman–Crippen MR) is 117 cm³/mol. The smallest absolute Gasteiger partial charge is 0.185 e. The van der Waals surface area contributed by atoms with Crippen molar-refractivity contribution in [2.24, 2.45) is 0 Å². The number of carbonyl (C=O) groups excluding carboxylic acids is 1. The largest absolute Gasteiger partial charge is 0.399 e. The summed E-state index contributed by atoms with van der Waals surface area (Å²) in [5.41, 5.74) is 8.89. The Balaban J connectivity index is 1.99. The van der Waals surface area contributed by atoms with Crippen molar-refractivity contribution >= 4 is 26.9 Å². The van der Waals surface area contributed by atoms with Crippen LogP contribution in [0.3, 0.4) is 0 Å². The van der Waals surface area contributed by atoms with Gasteiger partial charge in [-0.15, -0.1) is 0 Å². The van der Waals surface area contributed by atoms with Gasteiger partial charge in [-0.3, -0.25) is 9.78 Å². The van der Waals surface area contributed by atoms with Gasteiger partial charge >= 0.3 is 0 Å². The van der Waals surface area contributed by atoms with Gasteiger partial charge in [-0.05, 0) is 67.7 Å². The molecule has 0 unspecified atom stereocenters. The lowest BCUT2D eigenvalue weighted by atomic mass is 9.88. The fourth-order valence-corrected chi connectivity index (χ4v) is 4.63. The van der Waals surface area contributed by atoms with Gasteiger partial charge in [0.25, 0.3) is 0 Å². The molecule has 0 bridgehead atoms. The molecule has 3 rings (SSSR count). The molecule has 0 amide bonds. The number of hydrogen-bond donors (Lipinski definition) is 1. The Labute approximate surface area is 173 Å². The summed E-state index contributed by atoms with van der Waals surface area (Å²) < 4.78 is 25.5. The zero-order valence-electron chi connectivity index (χ0n) is 17.2. The average molecular weight is 413 g/mol. The molecule has 1 aliphatic rings. The molecule has 0 fully saturated rings. The highest BCUT2D eigenvalue weighted by Crippen LogP contribution is 2.31. The normalized spacial score (nSPS) is 15.1. The van der Waals surface area contributed by atoms with Crippen LogP contribution in [0.1, 0.15) is 68.2 Å². The fraction of sp³-hybridized carbons (Fsp3) is 0.391. The van der Waals surface area contributed by atoms with Crippen LogP contribution in [0.2, 0.25) is 0 Å². The van der Waals surface area contributed by atoms with E-state index in [1.807, 2.05) is 6.07 Å². The van der Waals surface area contributed by atoms with Gasteiger partial charge in [0.05, 0.1) is 10.6 Å². The third-order valence-electron chi connectivity index (χ3n) is 5.12. The van der Waals surface area contributed by atoms with Crippen molar-refractivity contribution in [1.82, 2.24) is 4.98 Å². The molecule has 1 aliphatic carbocycles. The molecule has 0 atom stereocenters. The first kappa shape index (κ1) is 21.2. The van der Waals surface area contributed by atoms with Gasteiger partial charge in [0.2, 0.25) is 0 Å². The first-order valence-corrected chi connectivity index (χ1v) is 11.6. The zero-order chi connectivity index (χ0) is 21.2. The molecule has 6 heteroatoms. The van der Waals surface area contributed by atoms with E-state index >= 15 is 0 Å². The Morgan fingerprint density at radius 1 is 1.07 bits per heavy atom. The van der Waals surface area contributed by atoms with E-state index in [9.17, 15) is 13.2 Å². The van der Waals surface area contributed by atoms with Crippen LogP contribution in [-0.4, -0.2) is 24.9 Å². The molecule has 2 N–H and O–H groups in total. The molecule has 2 aromatic rings. The van der Waals surface area contributed by atoms with Crippen LogP contribution in [0.4, 0.5) is 5.69 Å².